The van der Waals surface area contributed by atoms with Crippen LogP contribution >= 0.6 is 11.6 Å². The number of aliphatic hydroxyl groups is 1. The number of anilines is 1. The molecule has 0 aromatic carbocycles. The SMILES string of the molecule is CCCc1c(Cl)ncnc1NCCO. The van der Waals surface area contributed by atoms with E-state index in [0.29, 0.717) is 11.7 Å². The largest absolute Gasteiger partial charge is 0.395 e. The Morgan fingerprint density at radius 1 is 1.50 bits per heavy atom. The number of nitrogens with zero attached hydrogens (tertiary/aromatic N) is 2. The van der Waals surface area contributed by atoms with Crippen LogP contribution in [0.1, 0.15) is 18.9 Å². The van der Waals surface area contributed by atoms with Gasteiger partial charge in [-0.25, -0.2) is 9.97 Å². The van der Waals surface area contributed by atoms with E-state index in [1.807, 2.05) is 0 Å². The van der Waals surface area contributed by atoms with Gasteiger partial charge in [-0.3, -0.25) is 0 Å². The molecule has 0 radical (unpaired) electrons. The topological polar surface area (TPSA) is 58.0 Å². The number of aromatic nitrogens is 2. The van der Waals surface area contributed by atoms with E-state index in [9.17, 15) is 0 Å². The lowest BCUT2D eigenvalue weighted by Gasteiger charge is -2.09. The van der Waals surface area contributed by atoms with Crippen molar-refractivity contribution in [2.75, 3.05) is 18.5 Å². The molecule has 0 unspecified atom stereocenters. The van der Waals surface area contributed by atoms with Crippen molar-refractivity contribution in [2.45, 2.75) is 19.8 Å². The molecule has 14 heavy (non-hydrogen) atoms. The molecule has 0 atom stereocenters. The Bertz CT molecular complexity index is 293. The zero-order valence-electron chi connectivity index (χ0n) is 8.13. The second-order valence-corrected chi connectivity index (χ2v) is 3.25. The molecule has 4 nitrogen and oxygen atoms in total. The van der Waals surface area contributed by atoms with E-state index < -0.39 is 0 Å². The van der Waals surface area contributed by atoms with Crippen LogP contribution < -0.4 is 5.32 Å². The summed E-state index contributed by atoms with van der Waals surface area (Å²) < 4.78 is 0. The van der Waals surface area contributed by atoms with Crippen molar-refractivity contribution in [3.05, 3.63) is 17.0 Å². The summed E-state index contributed by atoms with van der Waals surface area (Å²) in [7, 11) is 0. The normalized spacial score (nSPS) is 10.2. The summed E-state index contributed by atoms with van der Waals surface area (Å²) in [4.78, 5) is 8.00. The van der Waals surface area contributed by atoms with Crippen LogP contribution in [-0.2, 0) is 6.42 Å². The molecule has 2 N–H and O–H groups in total. The Morgan fingerprint density at radius 3 is 2.93 bits per heavy atom. The number of hydrogen-bond acceptors (Lipinski definition) is 4. The maximum Gasteiger partial charge on any atom is 0.137 e. The van der Waals surface area contributed by atoms with E-state index in [2.05, 4.69) is 22.2 Å². The van der Waals surface area contributed by atoms with Crippen LogP contribution in [0, 0.1) is 0 Å². The predicted octanol–water partition coefficient (Wildman–Crippen LogP) is 1.49. The third kappa shape index (κ3) is 2.82. The zero-order chi connectivity index (χ0) is 10.4. The van der Waals surface area contributed by atoms with Crippen molar-refractivity contribution in [1.82, 2.24) is 9.97 Å². The van der Waals surface area contributed by atoms with Crippen LogP contribution in [-0.4, -0.2) is 28.2 Å². The minimum Gasteiger partial charge on any atom is -0.395 e. The van der Waals surface area contributed by atoms with Crippen LogP contribution in [0.15, 0.2) is 6.33 Å². The van der Waals surface area contributed by atoms with Gasteiger partial charge in [0.05, 0.1) is 6.61 Å². The Morgan fingerprint density at radius 2 is 2.29 bits per heavy atom. The lowest BCUT2D eigenvalue weighted by Crippen LogP contribution is -2.10. The van der Waals surface area contributed by atoms with Gasteiger partial charge < -0.3 is 10.4 Å². The van der Waals surface area contributed by atoms with Gasteiger partial charge in [-0.15, -0.1) is 0 Å². The van der Waals surface area contributed by atoms with Crippen LogP contribution in [0.25, 0.3) is 0 Å². The van der Waals surface area contributed by atoms with Crippen molar-refractivity contribution in [3.8, 4) is 0 Å². The average Bonchev–Trinajstić information content (AvgIpc) is 2.19. The number of nitrogens with one attached hydrogen (secondary N) is 1. The fourth-order valence-corrected chi connectivity index (χ4v) is 1.42. The molecule has 0 aliphatic heterocycles. The standard InChI is InChI=1S/C9H14ClN3O/c1-2-3-7-8(10)12-6-13-9(7)11-4-5-14/h6,14H,2-5H2,1H3,(H,11,12,13). The summed E-state index contributed by atoms with van der Waals surface area (Å²) in [6, 6.07) is 0. The highest BCUT2D eigenvalue weighted by molar-refractivity contribution is 6.30. The molecule has 0 bridgehead atoms. The van der Waals surface area contributed by atoms with Gasteiger partial charge in [0.2, 0.25) is 0 Å². The van der Waals surface area contributed by atoms with E-state index in [-0.39, 0.29) is 6.61 Å². The van der Waals surface area contributed by atoms with Gasteiger partial charge >= 0.3 is 0 Å². The third-order valence-electron chi connectivity index (χ3n) is 1.80. The number of rotatable bonds is 5. The molecule has 78 valence electrons. The smallest absolute Gasteiger partial charge is 0.137 e. The number of hydrogen-bond donors (Lipinski definition) is 2. The van der Waals surface area contributed by atoms with Gasteiger partial charge in [0, 0.05) is 12.1 Å². The highest BCUT2D eigenvalue weighted by Crippen LogP contribution is 2.20. The summed E-state index contributed by atoms with van der Waals surface area (Å²) in [5.41, 5.74) is 0.921. The highest BCUT2D eigenvalue weighted by atomic mass is 35.5. The number of aliphatic hydroxyl groups excluding tert-OH is 1. The maximum atomic E-state index is 8.68. The summed E-state index contributed by atoms with van der Waals surface area (Å²) >= 11 is 5.93. The molecule has 1 aromatic rings. The lowest BCUT2D eigenvalue weighted by atomic mass is 10.2. The number of halogens is 1. The van der Waals surface area contributed by atoms with Crippen molar-refractivity contribution in [3.63, 3.8) is 0 Å². The second kappa shape index (κ2) is 5.78. The molecule has 1 heterocycles. The Hall–Kier alpha value is -0.870. The van der Waals surface area contributed by atoms with E-state index in [1.165, 1.54) is 6.33 Å². The lowest BCUT2D eigenvalue weighted by molar-refractivity contribution is 0.311. The molecule has 0 saturated carbocycles. The molecule has 1 rings (SSSR count). The van der Waals surface area contributed by atoms with E-state index in [1.54, 1.807) is 0 Å². The first-order valence-corrected chi connectivity index (χ1v) is 5.01. The molecule has 0 aliphatic carbocycles. The van der Waals surface area contributed by atoms with Crippen molar-refractivity contribution in [2.24, 2.45) is 0 Å². The molecule has 0 fully saturated rings. The monoisotopic (exact) mass is 215 g/mol. The molecule has 0 saturated heterocycles. The zero-order valence-corrected chi connectivity index (χ0v) is 8.88. The predicted molar refractivity (Wildman–Crippen MR) is 56.6 cm³/mol. The summed E-state index contributed by atoms with van der Waals surface area (Å²) in [6.07, 6.45) is 3.25. The summed E-state index contributed by atoms with van der Waals surface area (Å²) in [5.74, 6) is 0.723. The first-order valence-electron chi connectivity index (χ1n) is 4.63. The molecule has 1 aromatic heterocycles. The minimum atomic E-state index is 0.0766. The van der Waals surface area contributed by atoms with E-state index in [0.717, 1.165) is 24.2 Å². The minimum absolute atomic E-state index is 0.0766. The van der Waals surface area contributed by atoms with Gasteiger partial charge in [-0.05, 0) is 6.42 Å². The van der Waals surface area contributed by atoms with Gasteiger partial charge in [0.1, 0.15) is 17.3 Å². The Balaban J connectivity index is 2.83. The molecular weight excluding hydrogens is 202 g/mol. The van der Waals surface area contributed by atoms with Crippen LogP contribution in [0.2, 0.25) is 5.15 Å². The quantitative estimate of drug-likeness (QED) is 0.731. The average molecular weight is 216 g/mol. The van der Waals surface area contributed by atoms with E-state index in [4.69, 9.17) is 16.7 Å². The van der Waals surface area contributed by atoms with Crippen molar-refractivity contribution >= 4 is 17.4 Å². The van der Waals surface area contributed by atoms with Gasteiger partial charge in [0.25, 0.3) is 0 Å². The first kappa shape index (κ1) is 11.2. The summed E-state index contributed by atoms with van der Waals surface area (Å²) in [6.45, 7) is 2.62. The third-order valence-corrected chi connectivity index (χ3v) is 2.12. The van der Waals surface area contributed by atoms with E-state index >= 15 is 0 Å². The molecular formula is C9H14ClN3O. The van der Waals surface area contributed by atoms with Gasteiger partial charge in [0.15, 0.2) is 0 Å². The fraction of sp³-hybridized carbons (Fsp3) is 0.556. The van der Waals surface area contributed by atoms with Crippen molar-refractivity contribution in [1.29, 1.82) is 0 Å². The summed E-state index contributed by atoms with van der Waals surface area (Å²) in [5, 5.41) is 12.2. The Kier molecular flexibility index (Phi) is 4.62. The van der Waals surface area contributed by atoms with Crippen LogP contribution in [0.5, 0.6) is 0 Å². The van der Waals surface area contributed by atoms with Gasteiger partial charge in [-0.2, -0.15) is 0 Å². The van der Waals surface area contributed by atoms with Crippen LogP contribution in [0.4, 0.5) is 5.82 Å². The molecule has 0 aliphatic rings. The highest BCUT2D eigenvalue weighted by Gasteiger charge is 2.07. The molecule has 0 amide bonds. The van der Waals surface area contributed by atoms with Crippen LogP contribution in [0.3, 0.4) is 0 Å². The first-order chi connectivity index (χ1) is 6.79. The maximum absolute atomic E-state index is 8.68. The Labute approximate surface area is 88.3 Å². The molecule has 5 heteroatoms. The van der Waals surface area contributed by atoms with Crippen molar-refractivity contribution < 1.29 is 5.11 Å². The second-order valence-electron chi connectivity index (χ2n) is 2.89. The van der Waals surface area contributed by atoms with Gasteiger partial charge in [-0.1, -0.05) is 24.9 Å². The fourth-order valence-electron chi connectivity index (χ4n) is 1.19. The molecule has 0 spiro atoms.